The van der Waals surface area contributed by atoms with Crippen molar-refractivity contribution in [3.05, 3.63) is 42.0 Å². The van der Waals surface area contributed by atoms with Gasteiger partial charge in [0.05, 0.1) is 5.69 Å². The molecule has 2 aromatic rings. The van der Waals surface area contributed by atoms with E-state index in [-0.39, 0.29) is 5.82 Å². The number of piperidine rings is 1. The number of halogens is 1. The van der Waals surface area contributed by atoms with Crippen LogP contribution in [0.2, 0.25) is 0 Å². The predicted molar refractivity (Wildman–Crippen MR) is 83.5 cm³/mol. The minimum atomic E-state index is -0.287. The fourth-order valence-electron chi connectivity index (χ4n) is 3.25. The highest BCUT2D eigenvalue weighted by Gasteiger charge is 2.27. The summed E-state index contributed by atoms with van der Waals surface area (Å²) in [7, 11) is 0. The van der Waals surface area contributed by atoms with Gasteiger partial charge in [0.1, 0.15) is 12.1 Å². The molecule has 2 unspecified atom stereocenters. The maximum atomic E-state index is 13.3. The molecule has 1 fully saturated rings. The lowest BCUT2D eigenvalue weighted by Crippen LogP contribution is -2.48. The maximum Gasteiger partial charge on any atom is 0.226 e. The number of oxazole rings is 1. The highest BCUT2D eigenvalue weighted by Crippen LogP contribution is 2.25. The van der Waals surface area contributed by atoms with Gasteiger partial charge in [0.25, 0.3) is 0 Å². The molecule has 0 spiro atoms. The van der Waals surface area contributed by atoms with Gasteiger partial charge in [-0.3, -0.25) is 4.90 Å². The van der Waals surface area contributed by atoms with E-state index in [0.717, 1.165) is 18.8 Å². The summed E-state index contributed by atoms with van der Waals surface area (Å²) < 4.78 is 18.8. The van der Waals surface area contributed by atoms with E-state index in [0.29, 0.717) is 30.0 Å². The van der Waals surface area contributed by atoms with Gasteiger partial charge < -0.3 is 10.2 Å². The van der Waals surface area contributed by atoms with Crippen LogP contribution in [0.25, 0.3) is 11.5 Å². The maximum absolute atomic E-state index is 13.3. The van der Waals surface area contributed by atoms with E-state index < -0.39 is 0 Å². The Labute approximate surface area is 130 Å². The van der Waals surface area contributed by atoms with Crippen LogP contribution < -0.4 is 5.73 Å². The fraction of sp³-hybridized carbons (Fsp3) is 0.471. The van der Waals surface area contributed by atoms with Crippen molar-refractivity contribution in [3.8, 4) is 11.5 Å². The Kier molecular flexibility index (Phi) is 4.55. The third kappa shape index (κ3) is 3.20. The van der Waals surface area contributed by atoms with Crippen LogP contribution in [-0.4, -0.2) is 29.0 Å². The average molecular weight is 303 g/mol. The first-order chi connectivity index (χ1) is 10.7. The Bertz CT molecular complexity index is 628. The highest BCUT2D eigenvalue weighted by molar-refractivity contribution is 5.52. The summed E-state index contributed by atoms with van der Waals surface area (Å²) in [5, 5.41) is 0. The van der Waals surface area contributed by atoms with E-state index >= 15 is 0 Å². The molecule has 1 aliphatic heterocycles. The summed E-state index contributed by atoms with van der Waals surface area (Å²) in [5.41, 5.74) is 7.45. The van der Waals surface area contributed by atoms with E-state index in [4.69, 9.17) is 10.2 Å². The van der Waals surface area contributed by atoms with Gasteiger partial charge in [-0.15, -0.1) is 0 Å². The molecular formula is C17H22FN3O. The molecule has 0 amide bonds. The van der Waals surface area contributed by atoms with Crippen LogP contribution >= 0.6 is 0 Å². The van der Waals surface area contributed by atoms with Crippen molar-refractivity contribution >= 4 is 0 Å². The van der Waals surface area contributed by atoms with E-state index in [9.17, 15) is 4.39 Å². The van der Waals surface area contributed by atoms with Crippen LogP contribution in [0, 0.1) is 11.7 Å². The molecule has 3 rings (SSSR count). The first-order valence-corrected chi connectivity index (χ1v) is 7.82. The second-order valence-electron chi connectivity index (χ2n) is 6.05. The van der Waals surface area contributed by atoms with Gasteiger partial charge in [-0.05, 0) is 43.5 Å². The fourth-order valence-corrected chi connectivity index (χ4v) is 3.25. The lowest BCUT2D eigenvalue weighted by atomic mass is 9.91. The molecule has 1 aliphatic rings. The molecule has 4 nitrogen and oxygen atoms in total. The van der Waals surface area contributed by atoms with Gasteiger partial charge in [0.2, 0.25) is 5.89 Å². The third-order valence-electron chi connectivity index (χ3n) is 4.46. The molecule has 2 N–H and O–H groups in total. The van der Waals surface area contributed by atoms with Crippen molar-refractivity contribution in [1.29, 1.82) is 0 Å². The van der Waals surface area contributed by atoms with Gasteiger partial charge in [-0.2, -0.15) is 0 Å². The lowest BCUT2D eigenvalue weighted by molar-refractivity contribution is 0.0977. The molecule has 0 bridgehead atoms. The quantitative estimate of drug-likeness (QED) is 0.943. The largest absolute Gasteiger partial charge is 0.444 e. The number of nitrogens with zero attached hydrogens (tertiary/aromatic N) is 2. The second-order valence-corrected chi connectivity index (χ2v) is 6.05. The van der Waals surface area contributed by atoms with Crippen LogP contribution in [0.5, 0.6) is 0 Å². The first-order valence-electron chi connectivity index (χ1n) is 7.82. The Morgan fingerprint density at radius 1 is 1.45 bits per heavy atom. The van der Waals surface area contributed by atoms with E-state index in [1.54, 1.807) is 18.4 Å². The molecule has 2 atom stereocenters. The number of hydrogen-bond donors (Lipinski definition) is 1. The first kappa shape index (κ1) is 15.2. The lowest BCUT2D eigenvalue weighted by Gasteiger charge is -2.38. The molecule has 0 aliphatic carbocycles. The van der Waals surface area contributed by atoms with Gasteiger partial charge in [-0.1, -0.05) is 13.0 Å². The normalized spacial score (nSPS) is 22.9. The van der Waals surface area contributed by atoms with Crippen LogP contribution in [0.15, 0.2) is 34.9 Å². The molecule has 2 heterocycles. The minimum absolute atomic E-state index is 0.287. The van der Waals surface area contributed by atoms with Crippen molar-refractivity contribution in [3.63, 3.8) is 0 Å². The zero-order valence-corrected chi connectivity index (χ0v) is 12.8. The van der Waals surface area contributed by atoms with Gasteiger partial charge >= 0.3 is 0 Å². The Morgan fingerprint density at radius 3 is 3.09 bits per heavy atom. The molecule has 118 valence electrons. The summed E-state index contributed by atoms with van der Waals surface area (Å²) in [6.07, 6.45) is 4.07. The average Bonchev–Trinajstić information content (AvgIpc) is 2.96. The molecule has 5 heteroatoms. The number of aromatic nitrogens is 1. The van der Waals surface area contributed by atoms with Gasteiger partial charge in [0.15, 0.2) is 0 Å². The Balaban J connectivity index is 1.74. The van der Waals surface area contributed by atoms with Crippen LogP contribution in [0.3, 0.4) is 0 Å². The summed E-state index contributed by atoms with van der Waals surface area (Å²) in [5.74, 6) is 0.780. The SMILES string of the molecule is CC1CCCN(Cc2coc(-c3cccc(F)c3)n2)C1CN. The van der Waals surface area contributed by atoms with Crippen molar-refractivity contribution in [2.75, 3.05) is 13.1 Å². The zero-order valence-electron chi connectivity index (χ0n) is 12.8. The summed E-state index contributed by atoms with van der Waals surface area (Å²) in [6, 6.07) is 6.69. The van der Waals surface area contributed by atoms with E-state index in [1.165, 1.54) is 25.0 Å². The Hall–Kier alpha value is -1.72. The molecule has 1 aromatic carbocycles. The standard InChI is InChI=1S/C17H22FN3O/c1-12-4-3-7-21(16(12)9-19)10-15-11-22-17(20-15)13-5-2-6-14(18)8-13/h2,5-6,8,11-12,16H,3-4,7,9-10,19H2,1H3. The smallest absolute Gasteiger partial charge is 0.226 e. The van der Waals surface area contributed by atoms with Crippen molar-refractivity contribution in [1.82, 2.24) is 9.88 Å². The van der Waals surface area contributed by atoms with Crippen molar-refractivity contribution in [2.45, 2.75) is 32.4 Å². The van der Waals surface area contributed by atoms with Crippen LogP contribution in [0.4, 0.5) is 4.39 Å². The van der Waals surface area contributed by atoms with Crippen LogP contribution in [0.1, 0.15) is 25.5 Å². The Morgan fingerprint density at radius 2 is 2.32 bits per heavy atom. The van der Waals surface area contributed by atoms with Gasteiger partial charge in [0, 0.05) is 24.7 Å². The molecule has 1 aromatic heterocycles. The highest BCUT2D eigenvalue weighted by atomic mass is 19.1. The third-order valence-corrected chi connectivity index (χ3v) is 4.46. The monoisotopic (exact) mass is 303 g/mol. The van der Waals surface area contributed by atoms with E-state index in [1.807, 2.05) is 0 Å². The molecular weight excluding hydrogens is 281 g/mol. The number of nitrogens with two attached hydrogens (primary N) is 1. The number of likely N-dealkylation sites (tertiary alicyclic amines) is 1. The number of benzene rings is 1. The molecule has 0 saturated carbocycles. The minimum Gasteiger partial charge on any atom is -0.444 e. The molecule has 1 saturated heterocycles. The topological polar surface area (TPSA) is 55.3 Å². The van der Waals surface area contributed by atoms with Gasteiger partial charge in [-0.25, -0.2) is 9.37 Å². The summed E-state index contributed by atoms with van der Waals surface area (Å²) >= 11 is 0. The van der Waals surface area contributed by atoms with Crippen molar-refractivity contribution in [2.24, 2.45) is 11.7 Å². The second kappa shape index (κ2) is 6.58. The molecule has 22 heavy (non-hydrogen) atoms. The number of hydrogen-bond acceptors (Lipinski definition) is 4. The molecule has 0 radical (unpaired) electrons. The summed E-state index contributed by atoms with van der Waals surface area (Å²) in [4.78, 5) is 6.87. The predicted octanol–water partition coefficient (Wildman–Crippen LogP) is 3.04. The summed E-state index contributed by atoms with van der Waals surface area (Å²) in [6.45, 7) is 4.68. The zero-order chi connectivity index (χ0) is 15.5. The van der Waals surface area contributed by atoms with E-state index in [2.05, 4.69) is 16.8 Å². The van der Waals surface area contributed by atoms with Crippen LogP contribution in [-0.2, 0) is 6.54 Å². The van der Waals surface area contributed by atoms with Crippen molar-refractivity contribution < 1.29 is 8.81 Å². The number of rotatable bonds is 4.